The molecule has 0 saturated heterocycles. The molecule has 0 saturated carbocycles. The fourth-order valence-electron chi connectivity index (χ4n) is 1.72. The van der Waals surface area contributed by atoms with Crippen molar-refractivity contribution < 1.29 is 9.59 Å². The van der Waals surface area contributed by atoms with Gasteiger partial charge in [0.25, 0.3) is 0 Å². The summed E-state index contributed by atoms with van der Waals surface area (Å²) in [6, 6.07) is 9.16. The number of carbonyl (C=O) groups excluding carboxylic acids is 2. The topological polar surface area (TPSA) is 86.2 Å². The molecule has 2 rings (SSSR count). The molecular weight excluding hydrogens is 192 g/mol. The van der Waals surface area contributed by atoms with E-state index in [1.165, 1.54) is 0 Å². The number of nitrogens with two attached hydrogens (primary N) is 2. The lowest BCUT2D eigenvalue weighted by molar-refractivity contribution is -0.120. The van der Waals surface area contributed by atoms with E-state index >= 15 is 0 Å². The smallest absolute Gasteiger partial charge is 0.246 e. The molecule has 0 heterocycles. The van der Waals surface area contributed by atoms with Gasteiger partial charge in [0.1, 0.15) is 0 Å². The van der Waals surface area contributed by atoms with Gasteiger partial charge in [0.05, 0.1) is 5.92 Å². The van der Waals surface area contributed by atoms with Crippen LogP contribution in [0.2, 0.25) is 0 Å². The molecule has 4 nitrogen and oxygen atoms in total. The van der Waals surface area contributed by atoms with E-state index in [0.717, 1.165) is 5.56 Å². The van der Waals surface area contributed by atoms with Crippen LogP contribution in [0.4, 0.5) is 0 Å². The third kappa shape index (κ3) is 1.50. The van der Waals surface area contributed by atoms with Crippen LogP contribution in [0.5, 0.6) is 0 Å². The Morgan fingerprint density at radius 3 is 2.07 bits per heavy atom. The zero-order valence-corrected chi connectivity index (χ0v) is 7.94. The van der Waals surface area contributed by atoms with Gasteiger partial charge in [0, 0.05) is 5.57 Å². The standard InChI is InChI=1S/C11H10N2O2/c12-10(14)8-7(9(8)11(13)15)6-4-2-1-3-5-6/h1-5,8H,(H2,12,14)(H2,13,15). The van der Waals surface area contributed by atoms with Crippen LogP contribution in [0.25, 0.3) is 5.57 Å². The minimum absolute atomic E-state index is 0.341. The summed E-state index contributed by atoms with van der Waals surface area (Å²) in [7, 11) is 0. The lowest BCUT2D eigenvalue weighted by Gasteiger charge is -1.94. The van der Waals surface area contributed by atoms with Gasteiger partial charge in [-0.3, -0.25) is 9.59 Å². The molecule has 0 radical (unpaired) electrons. The maximum absolute atomic E-state index is 11.0. The van der Waals surface area contributed by atoms with Crippen molar-refractivity contribution in [2.75, 3.05) is 0 Å². The van der Waals surface area contributed by atoms with Crippen molar-refractivity contribution in [2.45, 2.75) is 0 Å². The molecule has 1 aliphatic rings. The van der Waals surface area contributed by atoms with Crippen LogP contribution in [0.1, 0.15) is 5.56 Å². The number of benzene rings is 1. The van der Waals surface area contributed by atoms with E-state index in [1.807, 2.05) is 30.3 Å². The van der Waals surface area contributed by atoms with Crippen molar-refractivity contribution in [3.8, 4) is 0 Å². The molecule has 4 heteroatoms. The molecule has 0 aliphatic heterocycles. The first-order valence-corrected chi connectivity index (χ1v) is 4.51. The number of carbonyl (C=O) groups is 2. The first-order valence-electron chi connectivity index (χ1n) is 4.51. The van der Waals surface area contributed by atoms with Crippen LogP contribution in [-0.4, -0.2) is 11.8 Å². The highest BCUT2D eigenvalue weighted by Gasteiger charge is 2.44. The van der Waals surface area contributed by atoms with Crippen LogP contribution >= 0.6 is 0 Å². The molecule has 76 valence electrons. The summed E-state index contributed by atoms with van der Waals surface area (Å²) in [5.74, 6) is -1.69. The second kappa shape index (κ2) is 3.24. The van der Waals surface area contributed by atoms with E-state index in [4.69, 9.17) is 11.5 Å². The van der Waals surface area contributed by atoms with Crippen LogP contribution in [0.15, 0.2) is 35.9 Å². The van der Waals surface area contributed by atoms with Gasteiger partial charge in [0.15, 0.2) is 0 Å². The third-order valence-electron chi connectivity index (χ3n) is 2.42. The first kappa shape index (κ1) is 9.45. The monoisotopic (exact) mass is 202 g/mol. The van der Waals surface area contributed by atoms with E-state index < -0.39 is 17.7 Å². The highest BCUT2D eigenvalue weighted by Crippen LogP contribution is 2.46. The van der Waals surface area contributed by atoms with Gasteiger partial charge >= 0.3 is 0 Å². The first-order chi connectivity index (χ1) is 7.13. The van der Waals surface area contributed by atoms with E-state index in [1.54, 1.807) is 0 Å². The van der Waals surface area contributed by atoms with Gasteiger partial charge in [0.2, 0.25) is 11.8 Å². The molecule has 2 amide bonds. The molecular formula is C11H10N2O2. The Hall–Kier alpha value is -2.10. The molecule has 0 spiro atoms. The lowest BCUT2D eigenvalue weighted by Crippen LogP contribution is -2.19. The lowest BCUT2D eigenvalue weighted by atomic mass is 10.1. The molecule has 1 atom stereocenters. The largest absolute Gasteiger partial charge is 0.369 e. The molecule has 0 aromatic heterocycles. The summed E-state index contributed by atoms with van der Waals surface area (Å²) in [5, 5.41) is 0. The van der Waals surface area contributed by atoms with Gasteiger partial charge < -0.3 is 11.5 Å². The molecule has 1 aromatic rings. The number of hydrogen-bond donors (Lipinski definition) is 2. The summed E-state index contributed by atoms with van der Waals surface area (Å²) in [5.41, 5.74) is 12.1. The van der Waals surface area contributed by atoms with Crippen molar-refractivity contribution in [1.82, 2.24) is 0 Å². The maximum Gasteiger partial charge on any atom is 0.246 e. The van der Waals surface area contributed by atoms with Crippen LogP contribution in [0, 0.1) is 5.92 Å². The zero-order chi connectivity index (χ0) is 11.0. The van der Waals surface area contributed by atoms with Crippen molar-refractivity contribution in [2.24, 2.45) is 17.4 Å². The Bertz CT molecular complexity index is 463. The Morgan fingerprint density at radius 2 is 1.67 bits per heavy atom. The highest BCUT2D eigenvalue weighted by atomic mass is 16.2. The molecule has 1 unspecified atom stereocenters. The summed E-state index contributed by atoms with van der Waals surface area (Å²) in [4.78, 5) is 22.0. The van der Waals surface area contributed by atoms with Crippen LogP contribution < -0.4 is 11.5 Å². The Balaban J connectivity index is 2.37. The van der Waals surface area contributed by atoms with E-state index in [-0.39, 0.29) is 0 Å². The number of amides is 2. The average Bonchev–Trinajstić information content (AvgIpc) is 2.94. The maximum atomic E-state index is 11.0. The number of hydrogen-bond acceptors (Lipinski definition) is 2. The number of rotatable bonds is 3. The third-order valence-corrected chi connectivity index (χ3v) is 2.42. The van der Waals surface area contributed by atoms with Crippen LogP contribution in [0.3, 0.4) is 0 Å². The minimum Gasteiger partial charge on any atom is -0.369 e. The molecule has 1 aromatic carbocycles. The number of primary amides is 2. The molecule has 1 aliphatic carbocycles. The summed E-state index contributed by atoms with van der Waals surface area (Å²) >= 11 is 0. The van der Waals surface area contributed by atoms with Crippen LogP contribution in [-0.2, 0) is 9.59 Å². The van der Waals surface area contributed by atoms with Crippen molar-refractivity contribution in [3.63, 3.8) is 0 Å². The van der Waals surface area contributed by atoms with E-state index in [9.17, 15) is 9.59 Å². The van der Waals surface area contributed by atoms with Gasteiger partial charge in [-0.25, -0.2) is 0 Å². The average molecular weight is 202 g/mol. The minimum atomic E-state index is -0.593. The van der Waals surface area contributed by atoms with Gasteiger partial charge in [-0.1, -0.05) is 30.3 Å². The summed E-state index contributed by atoms with van der Waals surface area (Å²) < 4.78 is 0. The Labute approximate surface area is 86.6 Å². The molecule has 15 heavy (non-hydrogen) atoms. The quantitative estimate of drug-likeness (QED) is 0.725. The highest BCUT2D eigenvalue weighted by molar-refractivity contribution is 6.20. The molecule has 0 fully saturated rings. The second-order valence-electron chi connectivity index (χ2n) is 3.39. The fourth-order valence-corrected chi connectivity index (χ4v) is 1.72. The Morgan fingerprint density at radius 1 is 1.07 bits per heavy atom. The normalized spacial score (nSPS) is 18.8. The van der Waals surface area contributed by atoms with E-state index in [2.05, 4.69) is 0 Å². The van der Waals surface area contributed by atoms with Crippen molar-refractivity contribution in [1.29, 1.82) is 0 Å². The predicted octanol–water partition coefficient (Wildman–Crippen LogP) is 0.0406. The fraction of sp³-hybridized carbons (Fsp3) is 0.0909. The second-order valence-corrected chi connectivity index (χ2v) is 3.39. The van der Waals surface area contributed by atoms with Crippen molar-refractivity contribution >= 4 is 17.4 Å². The van der Waals surface area contributed by atoms with Gasteiger partial charge in [-0.15, -0.1) is 0 Å². The molecule has 4 N–H and O–H groups in total. The predicted molar refractivity (Wildman–Crippen MR) is 55.2 cm³/mol. The van der Waals surface area contributed by atoms with E-state index in [0.29, 0.717) is 11.1 Å². The van der Waals surface area contributed by atoms with Gasteiger partial charge in [-0.2, -0.15) is 0 Å². The molecule has 0 bridgehead atoms. The summed E-state index contributed by atoms with van der Waals surface area (Å²) in [6.07, 6.45) is 0. The summed E-state index contributed by atoms with van der Waals surface area (Å²) in [6.45, 7) is 0. The SMILES string of the molecule is NC(=O)C1=C(c2ccccc2)C1C(N)=O. The van der Waals surface area contributed by atoms with Gasteiger partial charge in [-0.05, 0) is 11.1 Å². The van der Waals surface area contributed by atoms with Crippen molar-refractivity contribution in [3.05, 3.63) is 41.5 Å². The Kier molecular flexibility index (Phi) is 2.04. The zero-order valence-electron chi connectivity index (χ0n) is 7.94.